The summed E-state index contributed by atoms with van der Waals surface area (Å²) in [6.07, 6.45) is -1.66. The molecule has 3 rings (SSSR count). The van der Waals surface area contributed by atoms with Crippen LogP contribution in [0, 0.1) is 0 Å². The van der Waals surface area contributed by atoms with E-state index in [9.17, 15) is 13.2 Å². The van der Waals surface area contributed by atoms with Crippen LogP contribution in [-0.2, 0) is 6.54 Å². The van der Waals surface area contributed by atoms with Gasteiger partial charge in [0, 0.05) is 37.4 Å². The highest BCUT2D eigenvalue weighted by Crippen LogP contribution is 2.30. The Morgan fingerprint density at radius 1 is 1.21 bits per heavy atom. The zero-order valence-electron chi connectivity index (χ0n) is 16.6. The SMILES string of the molecule is CC(CCN)N1CCC(N(Cc2ccsc2)c2ccc(OC(F)(F)F)cc2)CC1. The van der Waals surface area contributed by atoms with Crippen molar-refractivity contribution in [2.45, 2.75) is 51.2 Å². The Morgan fingerprint density at radius 3 is 2.45 bits per heavy atom. The zero-order valence-corrected chi connectivity index (χ0v) is 17.4. The summed E-state index contributed by atoms with van der Waals surface area (Å²) >= 11 is 1.65. The molecule has 2 aromatic rings. The predicted molar refractivity (Wildman–Crippen MR) is 111 cm³/mol. The number of alkyl halides is 3. The second-order valence-corrected chi connectivity index (χ2v) is 8.27. The topological polar surface area (TPSA) is 41.7 Å². The van der Waals surface area contributed by atoms with Crippen LogP contribution in [0.1, 0.15) is 31.7 Å². The van der Waals surface area contributed by atoms with Gasteiger partial charge in [-0.25, -0.2) is 0 Å². The molecule has 1 atom stereocenters. The van der Waals surface area contributed by atoms with Gasteiger partial charge in [0.2, 0.25) is 0 Å². The van der Waals surface area contributed by atoms with Crippen LogP contribution in [0.25, 0.3) is 0 Å². The molecular weight excluding hydrogens is 399 g/mol. The minimum Gasteiger partial charge on any atom is -0.406 e. The lowest BCUT2D eigenvalue weighted by Gasteiger charge is -2.41. The molecule has 1 saturated heterocycles. The fourth-order valence-corrected chi connectivity index (χ4v) is 4.57. The molecule has 29 heavy (non-hydrogen) atoms. The quantitative estimate of drug-likeness (QED) is 0.654. The van der Waals surface area contributed by atoms with Gasteiger partial charge in [-0.05, 0) is 79.4 Å². The van der Waals surface area contributed by atoms with Crippen LogP contribution in [-0.4, -0.2) is 43.0 Å². The molecule has 0 amide bonds. The smallest absolute Gasteiger partial charge is 0.406 e. The van der Waals surface area contributed by atoms with Crippen LogP contribution in [0.3, 0.4) is 0 Å². The van der Waals surface area contributed by atoms with Crippen LogP contribution in [0.5, 0.6) is 5.75 Å². The molecule has 160 valence electrons. The van der Waals surface area contributed by atoms with E-state index in [0.29, 0.717) is 18.6 Å². The Hall–Kier alpha value is -1.77. The molecule has 4 nitrogen and oxygen atoms in total. The summed E-state index contributed by atoms with van der Waals surface area (Å²) in [4.78, 5) is 4.79. The van der Waals surface area contributed by atoms with Gasteiger partial charge in [-0.15, -0.1) is 13.2 Å². The summed E-state index contributed by atoms with van der Waals surface area (Å²) in [5.74, 6) is -0.192. The minimum atomic E-state index is -4.68. The number of piperidine rings is 1. The van der Waals surface area contributed by atoms with E-state index in [2.05, 4.69) is 32.9 Å². The summed E-state index contributed by atoms with van der Waals surface area (Å²) in [7, 11) is 0. The van der Waals surface area contributed by atoms with E-state index in [-0.39, 0.29) is 5.75 Å². The number of hydrogen-bond acceptors (Lipinski definition) is 5. The number of benzene rings is 1. The Morgan fingerprint density at radius 2 is 1.90 bits per heavy atom. The number of nitrogens with zero attached hydrogens (tertiary/aromatic N) is 2. The van der Waals surface area contributed by atoms with Crippen LogP contribution < -0.4 is 15.4 Å². The molecule has 1 aromatic carbocycles. The van der Waals surface area contributed by atoms with Crippen LogP contribution in [0.2, 0.25) is 0 Å². The predicted octanol–water partition coefficient (Wildman–Crippen LogP) is 4.86. The van der Waals surface area contributed by atoms with Crippen molar-refractivity contribution in [3.05, 3.63) is 46.7 Å². The molecule has 1 aliphatic heterocycles. The number of nitrogens with two attached hydrogens (primary N) is 1. The number of ether oxygens (including phenoxy) is 1. The van der Waals surface area contributed by atoms with Gasteiger partial charge >= 0.3 is 6.36 Å². The van der Waals surface area contributed by atoms with E-state index in [1.807, 2.05) is 5.38 Å². The highest BCUT2D eigenvalue weighted by Gasteiger charge is 2.31. The largest absolute Gasteiger partial charge is 0.573 e. The molecule has 1 aliphatic rings. The number of halogens is 3. The van der Waals surface area contributed by atoms with E-state index in [0.717, 1.165) is 44.6 Å². The van der Waals surface area contributed by atoms with Gasteiger partial charge in [0.15, 0.2) is 0 Å². The van der Waals surface area contributed by atoms with Gasteiger partial charge in [0.25, 0.3) is 0 Å². The molecule has 1 unspecified atom stereocenters. The highest BCUT2D eigenvalue weighted by atomic mass is 32.1. The number of thiophene rings is 1. The first-order valence-corrected chi connectivity index (χ1v) is 10.9. The molecule has 0 spiro atoms. The maximum atomic E-state index is 12.5. The van der Waals surface area contributed by atoms with Crippen molar-refractivity contribution in [2.24, 2.45) is 5.73 Å². The second-order valence-electron chi connectivity index (χ2n) is 7.49. The lowest BCUT2D eigenvalue weighted by Crippen LogP contribution is -2.47. The maximum absolute atomic E-state index is 12.5. The number of rotatable bonds is 8. The Balaban J connectivity index is 1.72. The monoisotopic (exact) mass is 427 g/mol. The molecule has 1 fully saturated rings. The summed E-state index contributed by atoms with van der Waals surface area (Å²) in [6.45, 7) is 5.65. The standard InChI is InChI=1S/C21H28F3N3OS/c1-16(6-10-25)26-11-7-19(8-12-26)27(14-17-9-13-29-15-17)18-2-4-20(5-3-18)28-21(22,23)24/h2-5,9,13,15-16,19H,6-8,10-12,14,25H2,1H3. The molecule has 2 heterocycles. The third-order valence-electron chi connectivity index (χ3n) is 5.48. The maximum Gasteiger partial charge on any atom is 0.573 e. The summed E-state index contributed by atoms with van der Waals surface area (Å²) in [5.41, 5.74) is 7.83. The van der Waals surface area contributed by atoms with Crippen molar-refractivity contribution in [3.63, 3.8) is 0 Å². The van der Waals surface area contributed by atoms with Gasteiger partial charge in [-0.3, -0.25) is 0 Å². The Labute approximate surface area is 174 Å². The molecule has 8 heteroatoms. The number of hydrogen-bond donors (Lipinski definition) is 1. The lowest BCUT2D eigenvalue weighted by molar-refractivity contribution is -0.274. The molecular formula is C21H28F3N3OS. The molecule has 2 N–H and O–H groups in total. The van der Waals surface area contributed by atoms with Crippen molar-refractivity contribution in [1.29, 1.82) is 0 Å². The molecule has 1 aromatic heterocycles. The van der Waals surface area contributed by atoms with Gasteiger partial charge < -0.3 is 20.3 Å². The first-order chi connectivity index (χ1) is 13.9. The zero-order chi connectivity index (χ0) is 20.9. The normalized spacial score (nSPS) is 17.3. The Kier molecular flexibility index (Phi) is 7.43. The fraction of sp³-hybridized carbons (Fsp3) is 0.524. The average molecular weight is 428 g/mol. The Bertz CT molecular complexity index is 729. The van der Waals surface area contributed by atoms with Crippen LogP contribution in [0.4, 0.5) is 18.9 Å². The van der Waals surface area contributed by atoms with Crippen molar-refractivity contribution in [1.82, 2.24) is 4.90 Å². The van der Waals surface area contributed by atoms with Gasteiger partial charge in [-0.1, -0.05) is 0 Å². The van der Waals surface area contributed by atoms with Crippen molar-refractivity contribution in [2.75, 3.05) is 24.5 Å². The van der Waals surface area contributed by atoms with E-state index < -0.39 is 6.36 Å². The third kappa shape index (κ3) is 6.35. The third-order valence-corrected chi connectivity index (χ3v) is 6.21. The number of likely N-dealkylation sites (tertiary alicyclic amines) is 1. The van der Waals surface area contributed by atoms with E-state index >= 15 is 0 Å². The van der Waals surface area contributed by atoms with E-state index in [1.54, 1.807) is 23.5 Å². The molecule has 0 radical (unpaired) electrons. The molecule has 0 bridgehead atoms. The highest BCUT2D eigenvalue weighted by molar-refractivity contribution is 7.07. The number of anilines is 1. The van der Waals surface area contributed by atoms with E-state index in [1.165, 1.54) is 17.7 Å². The first-order valence-electron chi connectivity index (χ1n) is 9.93. The van der Waals surface area contributed by atoms with Crippen LogP contribution in [0.15, 0.2) is 41.1 Å². The molecule has 0 saturated carbocycles. The lowest BCUT2D eigenvalue weighted by atomic mass is 9.99. The minimum absolute atomic E-state index is 0.192. The second kappa shape index (κ2) is 9.82. The van der Waals surface area contributed by atoms with Crippen molar-refractivity contribution < 1.29 is 17.9 Å². The first kappa shape index (κ1) is 21.9. The van der Waals surface area contributed by atoms with Crippen molar-refractivity contribution >= 4 is 17.0 Å². The average Bonchev–Trinajstić information content (AvgIpc) is 3.19. The van der Waals surface area contributed by atoms with Gasteiger partial charge in [0.1, 0.15) is 5.75 Å². The fourth-order valence-electron chi connectivity index (χ4n) is 3.91. The van der Waals surface area contributed by atoms with Crippen molar-refractivity contribution in [3.8, 4) is 5.75 Å². The summed E-state index contributed by atoms with van der Waals surface area (Å²) < 4.78 is 41.4. The van der Waals surface area contributed by atoms with Gasteiger partial charge in [-0.2, -0.15) is 11.3 Å². The van der Waals surface area contributed by atoms with Gasteiger partial charge in [0.05, 0.1) is 0 Å². The summed E-state index contributed by atoms with van der Waals surface area (Å²) in [6, 6.07) is 9.13. The van der Waals surface area contributed by atoms with Crippen LogP contribution >= 0.6 is 11.3 Å². The summed E-state index contributed by atoms with van der Waals surface area (Å²) in [5, 5.41) is 4.16. The molecule has 0 aliphatic carbocycles. The van der Waals surface area contributed by atoms with E-state index in [4.69, 9.17) is 5.73 Å².